The van der Waals surface area contributed by atoms with Crippen LogP contribution in [0.25, 0.3) is 10.9 Å². The van der Waals surface area contributed by atoms with E-state index < -0.39 is 5.60 Å². The summed E-state index contributed by atoms with van der Waals surface area (Å²) in [5.41, 5.74) is 0.137. The Bertz CT molecular complexity index is 811. The molecule has 1 fully saturated rings. The van der Waals surface area contributed by atoms with Gasteiger partial charge in [-0.15, -0.1) is 0 Å². The van der Waals surface area contributed by atoms with Crippen molar-refractivity contribution in [1.82, 2.24) is 14.9 Å². The van der Waals surface area contributed by atoms with Gasteiger partial charge in [-0.05, 0) is 26.8 Å². The van der Waals surface area contributed by atoms with Crippen molar-refractivity contribution in [2.75, 3.05) is 38.2 Å². The molecule has 0 radical (unpaired) electrons. The average molecular weight is 360 g/mol. The number of carbonyl (C=O) groups is 1. The van der Waals surface area contributed by atoms with Gasteiger partial charge in [0.05, 0.1) is 12.6 Å². The van der Waals surface area contributed by atoms with E-state index in [1.807, 2.05) is 20.8 Å². The topological polar surface area (TPSA) is 88.0 Å². The molecule has 0 unspecified atom stereocenters. The number of amides is 1. The maximum atomic E-state index is 12.2. The molecule has 0 spiro atoms. The quantitative estimate of drug-likeness (QED) is 0.880. The van der Waals surface area contributed by atoms with Crippen LogP contribution in [-0.4, -0.2) is 65.0 Å². The maximum Gasteiger partial charge on any atom is 0.410 e. The van der Waals surface area contributed by atoms with Gasteiger partial charge in [-0.3, -0.25) is 0 Å². The summed E-state index contributed by atoms with van der Waals surface area (Å²) in [5.74, 6) is 1.18. The Morgan fingerprint density at radius 1 is 1.15 bits per heavy atom. The first-order valence-electron chi connectivity index (χ1n) is 8.53. The van der Waals surface area contributed by atoms with Crippen molar-refractivity contribution in [3.63, 3.8) is 0 Å². The van der Waals surface area contributed by atoms with E-state index in [9.17, 15) is 9.90 Å². The molecule has 0 saturated carbocycles. The molecule has 140 valence electrons. The molecule has 1 aromatic carbocycles. The Hall–Kier alpha value is -2.77. The van der Waals surface area contributed by atoms with E-state index in [1.165, 1.54) is 13.4 Å². The lowest BCUT2D eigenvalue weighted by atomic mass is 10.2. The highest BCUT2D eigenvalue weighted by Crippen LogP contribution is 2.34. The number of rotatable bonds is 2. The van der Waals surface area contributed by atoms with Gasteiger partial charge in [0.2, 0.25) is 0 Å². The van der Waals surface area contributed by atoms with E-state index >= 15 is 0 Å². The zero-order chi connectivity index (χ0) is 18.9. The van der Waals surface area contributed by atoms with Gasteiger partial charge in [0, 0.05) is 37.6 Å². The fourth-order valence-electron chi connectivity index (χ4n) is 2.90. The van der Waals surface area contributed by atoms with Crippen molar-refractivity contribution in [2.24, 2.45) is 0 Å². The second kappa shape index (κ2) is 6.86. The maximum absolute atomic E-state index is 12.2. The number of aromatic hydroxyl groups is 1. The molecule has 26 heavy (non-hydrogen) atoms. The van der Waals surface area contributed by atoms with E-state index in [-0.39, 0.29) is 11.8 Å². The molecule has 0 aliphatic carbocycles. The normalized spacial score (nSPS) is 15.2. The number of hydrogen-bond donors (Lipinski definition) is 1. The molecular formula is C18H24N4O4. The van der Waals surface area contributed by atoms with Crippen LogP contribution in [0.5, 0.6) is 11.5 Å². The summed E-state index contributed by atoms with van der Waals surface area (Å²) in [6.07, 6.45) is 1.18. The number of aromatic nitrogens is 2. The highest BCUT2D eigenvalue weighted by Gasteiger charge is 2.27. The monoisotopic (exact) mass is 360 g/mol. The summed E-state index contributed by atoms with van der Waals surface area (Å²) in [4.78, 5) is 24.6. The first kappa shape index (κ1) is 18.0. The molecule has 0 atom stereocenters. The van der Waals surface area contributed by atoms with Gasteiger partial charge >= 0.3 is 6.09 Å². The molecule has 1 aromatic heterocycles. The summed E-state index contributed by atoms with van der Waals surface area (Å²) < 4.78 is 10.6. The number of hydrogen-bond acceptors (Lipinski definition) is 7. The van der Waals surface area contributed by atoms with Crippen molar-refractivity contribution >= 4 is 22.8 Å². The summed E-state index contributed by atoms with van der Waals surface area (Å²) >= 11 is 0. The fourth-order valence-corrected chi connectivity index (χ4v) is 2.90. The first-order valence-corrected chi connectivity index (χ1v) is 8.53. The van der Waals surface area contributed by atoms with Crippen LogP contribution in [-0.2, 0) is 4.74 Å². The van der Waals surface area contributed by atoms with Gasteiger partial charge < -0.3 is 24.4 Å². The second-order valence-electron chi connectivity index (χ2n) is 7.19. The van der Waals surface area contributed by atoms with Gasteiger partial charge in [-0.1, -0.05) is 0 Å². The minimum Gasteiger partial charge on any atom is -0.504 e. The molecule has 1 amide bonds. The standard InChI is InChI=1S/C18H24N4O4/c1-18(2,3)26-17(24)22-7-5-21(6-8-22)16-12-9-15(25-4)14(23)10-13(12)19-11-20-16/h9-11,23H,5-8H2,1-4H3. The van der Waals surface area contributed by atoms with Crippen LogP contribution in [0.4, 0.5) is 10.6 Å². The van der Waals surface area contributed by atoms with Crippen molar-refractivity contribution in [2.45, 2.75) is 26.4 Å². The van der Waals surface area contributed by atoms with Crippen LogP contribution in [0.1, 0.15) is 20.8 Å². The number of piperazine rings is 1. The van der Waals surface area contributed by atoms with Gasteiger partial charge in [0.25, 0.3) is 0 Å². The second-order valence-corrected chi connectivity index (χ2v) is 7.19. The summed E-state index contributed by atoms with van der Waals surface area (Å²) in [6.45, 7) is 7.94. The Morgan fingerprint density at radius 2 is 1.85 bits per heavy atom. The number of benzene rings is 1. The number of methoxy groups -OCH3 is 1. The lowest BCUT2D eigenvalue weighted by molar-refractivity contribution is 0.0240. The SMILES string of the molecule is COc1cc2c(N3CCN(C(=O)OC(C)(C)C)CC3)ncnc2cc1O. The van der Waals surface area contributed by atoms with Crippen LogP contribution in [0.15, 0.2) is 18.5 Å². The fraction of sp³-hybridized carbons (Fsp3) is 0.500. The number of phenols is 1. The third-order valence-electron chi connectivity index (χ3n) is 4.15. The Labute approximate surface area is 152 Å². The molecule has 2 heterocycles. The van der Waals surface area contributed by atoms with Crippen molar-refractivity contribution in [3.8, 4) is 11.5 Å². The predicted octanol–water partition coefficient (Wildman–Crippen LogP) is 2.40. The Balaban J connectivity index is 1.78. The highest BCUT2D eigenvalue weighted by molar-refractivity contribution is 5.92. The molecule has 2 aromatic rings. The summed E-state index contributed by atoms with van der Waals surface area (Å²) in [5, 5.41) is 10.7. The zero-order valence-corrected chi connectivity index (χ0v) is 15.5. The molecule has 1 aliphatic heterocycles. The molecule has 3 rings (SSSR count). The van der Waals surface area contributed by atoms with E-state index in [1.54, 1.807) is 17.0 Å². The third kappa shape index (κ3) is 3.74. The highest BCUT2D eigenvalue weighted by atomic mass is 16.6. The van der Waals surface area contributed by atoms with Gasteiger partial charge in [-0.2, -0.15) is 0 Å². The van der Waals surface area contributed by atoms with Crippen LogP contribution in [0, 0.1) is 0 Å². The number of ether oxygens (including phenoxy) is 2. The van der Waals surface area contributed by atoms with Gasteiger partial charge in [0.1, 0.15) is 17.7 Å². The minimum absolute atomic E-state index is 0.0411. The number of phenolic OH excluding ortho intramolecular Hbond substituents is 1. The molecule has 1 N–H and O–H groups in total. The van der Waals surface area contributed by atoms with Crippen LogP contribution >= 0.6 is 0 Å². The van der Waals surface area contributed by atoms with E-state index in [4.69, 9.17) is 9.47 Å². The number of anilines is 1. The molecule has 1 saturated heterocycles. The molecule has 8 heteroatoms. The minimum atomic E-state index is -0.504. The number of fused-ring (bicyclic) bond motifs is 1. The van der Waals surface area contributed by atoms with E-state index in [0.717, 1.165) is 11.2 Å². The summed E-state index contributed by atoms with van der Waals surface area (Å²) in [6, 6.07) is 3.30. The lowest BCUT2D eigenvalue weighted by Gasteiger charge is -2.36. The van der Waals surface area contributed by atoms with Crippen LogP contribution < -0.4 is 9.64 Å². The van der Waals surface area contributed by atoms with Crippen molar-refractivity contribution in [1.29, 1.82) is 0 Å². The molecule has 0 bridgehead atoms. The third-order valence-corrected chi connectivity index (χ3v) is 4.15. The number of carbonyl (C=O) groups excluding carboxylic acids is 1. The van der Waals surface area contributed by atoms with Crippen molar-refractivity contribution in [3.05, 3.63) is 18.5 Å². The van der Waals surface area contributed by atoms with Gasteiger partial charge in [-0.25, -0.2) is 14.8 Å². The van der Waals surface area contributed by atoms with E-state index in [0.29, 0.717) is 37.4 Å². The van der Waals surface area contributed by atoms with Crippen molar-refractivity contribution < 1.29 is 19.4 Å². The van der Waals surface area contributed by atoms with E-state index in [2.05, 4.69) is 14.9 Å². The van der Waals surface area contributed by atoms with Crippen LogP contribution in [0.2, 0.25) is 0 Å². The predicted molar refractivity (Wildman–Crippen MR) is 97.8 cm³/mol. The smallest absolute Gasteiger partial charge is 0.410 e. The molecule has 1 aliphatic rings. The van der Waals surface area contributed by atoms with Gasteiger partial charge in [0.15, 0.2) is 11.5 Å². The molecule has 8 nitrogen and oxygen atoms in total. The zero-order valence-electron chi connectivity index (χ0n) is 15.5. The summed E-state index contributed by atoms with van der Waals surface area (Å²) in [7, 11) is 1.50. The largest absolute Gasteiger partial charge is 0.504 e. The number of nitrogens with zero attached hydrogens (tertiary/aromatic N) is 4. The lowest BCUT2D eigenvalue weighted by Crippen LogP contribution is -2.50. The molecular weight excluding hydrogens is 336 g/mol. The Kier molecular flexibility index (Phi) is 4.76. The van der Waals surface area contributed by atoms with Crippen LogP contribution in [0.3, 0.4) is 0 Å². The average Bonchev–Trinajstić information content (AvgIpc) is 2.59. The Morgan fingerprint density at radius 3 is 2.46 bits per heavy atom. The first-order chi connectivity index (χ1) is 12.3.